The van der Waals surface area contributed by atoms with Gasteiger partial charge in [0.1, 0.15) is 11.9 Å². The van der Waals surface area contributed by atoms with E-state index in [0.717, 1.165) is 5.56 Å². The lowest BCUT2D eigenvalue weighted by Crippen LogP contribution is -2.49. The van der Waals surface area contributed by atoms with E-state index in [1.54, 1.807) is 23.1 Å². The second-order valence-corrected chi connectivity index (χ2v) is 7.69. The summed E-state index contributed by atoms with van der Waals surface area (Å²) in [6.07, 6.45) is 0.671. The Labute approximate surface area is 162 Å². The first kappa shape index (κ1) is 17.4. The molecule has 2 aromatic carbocycles. The molecule has 28 heavy (non-hydrogen) atoms. The lowest BCUT2D eigenvalue weighted by Gasteiger charge is -2.32. The topological polar surface area (TPSA) is 49.9 Å². The van der Waals surface area contributed by atoms with E-state index in [1.165, 1.54) is 6.07 Å². The zero-order valence-electron chi connectivity index (χ0n) is 15.4. The molecule has 5 nitrogen and oxygen atoms in total. The van der Waals surface area contributed by atoms with Crippen LogP contribution in [0.1, 0.15) is 30.1 Å². The number of nitrogens with zero attached hydrogens (tertiary/aromatic N) is 2. The van der Waals surface area contributed by atoms with Crippen LogP contribution in [0.2, 0.25) is 0 Å². The maximum Gasteiger partial charge on any atom is 0.227 e. The molecule has 3 aliphatic rings. The van der Waals surface area contributed by atoms with Crippen LogP contribution in [0.5, 0.6) is 0 Å². The second-order valence-electron chi connectivity index (χ2n) is 7.69. The van der Waals surface area contributed by atoms with Crippen LogP contribution in [-0.4, -0.2) is 46.5 Å². The van der Waals surface area contributed by atoms with Gasteiger partial charge >= 0.3 is 0 Å². The van der Waals surface area contributed by atoms with Crippen molar-refractivity contribution in [1.82, 2.24) is 9.80 Å². The molecular formula is C22H21FN2O3. The van der Waals surface area contributed by atoms with Crippen molar-refractivity contribution in [2.75, 3.05) is 13.1 Å². The highest BCUT2D eigenvalue weighted by atomic mass is 19.1. The molecule has 0 unspecified atom stereocenters. The van der Waals surface area contributed by atoms with Gasteiger partial charge in [0.25, 0.3) is 0 Å². The fourth-order valence-corrected chi connectivity index (χ4v) is 4.87. The Bertz CT molecular complexity index is 934. The van der Waals surface area contributed by atoms with E-state index < -0.39 is 5.72 Å². The summed E-state index contributed by atoms with van der Waals surface area (Å²) in [6, 6.07) is 15.9. The minimum Gasteiger partial charge on any atom is -0.343 e. The third-order valence-electron chi connectivity index (χ3n) is 6.22. The van der Waals surface area contributed by atoms with Crippen LogP contribution in [0.15, 0.2) is 54.6 Å². The van der Waals surface area contributed by atoms with Gasteiger partial charge in [-0.3, -0.25) is 9.59 Å². The molecule has 1 spiro atoms. The third kappa shape index (κ3) is 2.55. The van der Waals surface area contributed by atoms with Crippen LogP contribution in [0.4, 0.5) is 4.39 Å². The van der Waals surface area contributed by atoms with Crippen molar-refractivity contribution < 1.29 is 18.7 Å². The summed E-state index contributed by atoms with van der Waals surface area (Å²) in [5, 5.41) is 0. The lowest BCUT2D eigenvalue weighted by atomic mass is 10.1. The van der Waals surface area contributed by atoms with E-state index in [0.29, 0.717) is 25.1 Å². The van der Waals surface area contributed by atoms with Crippen LogP contribution >= 0.6 is 0 Å². The zero-order chi connectivity index (χ0) is 19.3. The smallest absolute Gasteiger partial charge is 0.227 e. The molecular weight excluding hydrogens is 359 g/mol. The van der Waals surface area contributed by atoms with Crippen molar-refractivity contribution in [3.8, 4) is 0 Å². The fraction of sp³-hybridized carbons (Fsp3) is 0.364. The van der Waals surface area contributed by atoms with Crippen LogP contribution in [-0.2, 0) is 20.7 Å². The Kier molecular flexibility index (Phi) is 3.98. The van der Waals surface area contributed by atoms with Crippen molar-refractivity contribution in [1.29, 1.82) is 0 Å². The van der Waals surface area contributed by atoms with Crippen molar-refractivity contribution in [2.45, 2.75) is 37.1 Å². The van der Waals surface area contributed by atoms with E-state index in [4.69, 9.17) is 4.74 Å². The number of carbonyl (C=O) groups excluding carboxylic acids is 2. The Balaban J connectivity index is 1.39. The van der Waals surface area contributed by atoms with Gasteiger partial charge in [-0.1, -0.05) is 48.5 Å². The Morgan fingerprint density at radius 2 is 1.89 bits per heavy atom. The molecule has 0 bridgehead atoms. The first-order valence-corrected chi connectivity index (χ1v) is 9.64. The molecule has 3 aliphatic heterocycles. The molecule has 6 heteroatoms. The summed E-state index contributed by atoms with van der Waals surface area (Å²) in [5.41, 5.74) is 0.667. The van der Waals surface area contributed by atoms with Crippen LogP contribution < -0.4 is 0 Å². The van der Waals surface area contributed by atoms with Crippen molar-refractivity contribution in [2.24, 2.45) is 0 Å². The Hall–Kier alpha value is -2.73. The van der Waals surface area contributed by atoms with Gasteiger partial charge in [-0.25, -0.2) is 4.39 Å². The summed E-state index contributed by atoms with van der Waals surface area (Å²) >= 11 is 0. The number of halogens is 1. The largest absolute Gasteiger partial charge is 0.343 e. The quantitative estimate of drug-likeness (QED) is 0.823. The minimum atomic E-state index is -0.748. The van der Waals surface area contributed by atoms with E-state index in [1.807, 2.05) is 35.2 Å². The van der Waals surface area contributed by atoms with Gasteiger partial charge in [-0.2, -0.15) is 0 Å². The van der Waals surface area contributed by atoms with Crippen LogP contribution in [0.3, 0.4) is 0 Å². The predicted molar refractivity (Wildman–Crippen MR) is 99.6 cm³/mol. The van der Waals surface area contributed by atoms with Crippen molar-refractivity contribution in [3.63, 3.8) is 0 Å². The van der Waals surface area contributed by atoms with E-state index in [9.17, 15) is 14.0 Å². The summed E-state index contributed by atoms with van der Waals surface area (Å²) in [5.74, 6) is -0.518. The molecule has 3 saturated heterocycles. The molecule has 0 N–H and O–H groups in total. The average molecular weight is 380 g/mol. The zero-order valence-corrected chi connectivity index (χ0v) is 15.4. The van der Waals surface area contributed by atoms with Gasteiger partial charge in [0.2, 0.25) is 11.8 Å². The monoisotopic (exact) mass is 380 g/mol. The molecule has 5 rings (SSSR count). The normalized spacial score (nSPS) is 28.5. The standard InChI is InChI=1S/C22H21FN2O3/c23-17-9-5-4-8-16(17)12-20(26)24-11-10-22-19(24)13-21(27)25(22)14-18(28-22)15-6-2-1-3-7-15/h1-9,18-19H,10-14H2/t18-,19-,22+/m1/s1. The van der Waals surface area contributed by atoms with Crippen molar-refractivity contribution in [3.05, 3.63) is 71.5 Å². The van der Waals surface area contributed by atoms with E-state index in [2.05, 4.69) is 0 Å². The number of amides is 2. The number of ether oxygens (including phenoxy) is 1. The first-order valence-electron chi connectivity index (χ1n) is 9.64. The highest BCUT2D eigenvalue weighted by molar-refractivity contribution is 5.85. The maximum atomic E-state index is 14.0. The molecule has 0 saturated carbocycles. The first-order chi connectivity index (χ1) is 13.6. The summed E-state index contributed by atoms with van der Waals surface area (Å²) in [7, 11) is 0. The lowest BCUT2D eigenvalue weighted by molar-refractivity contribution is -0.142. The number of hydrogen-bond acceptors (Lipinski definition) is 3. The van der Waals surface area contributed by atoms with Gasteiger partial charge in [0.15, 0.2) is 5.72 Å². The maximum absolute atomic E-state index is 14.0. The Morgan fingerprint density at radius 3 is 2.68 bits per heavy atom. The number of benzene rings is 2. The highest BCUT2D eigenvalue weighted by Gasteiger charge is 2.64. The van der Waals surface area contributed by atoms with Gasteiger partial charge in [0.05, 0.1) is 25.4 Å². The van der Waals surface area contributed by atoms with E-state index in [-0.39, 0.29) is 42.6 Å². The fourth-order valence-electron chi connectivity index (χ4n) is 4.87. The third-order valence-corrected chi connectivity index (χ3v) is 6.22. The number of hydrogen-bond donors (Lipinski definition) is 0. The van der Waals surface area contributed by atoms with Crippen LogP contribution in [0, 0.1) is 5.82 Å². The van der Waals surface area contributed by atoms with Gasteiger partial charge in [-0.05, 0) is 17.2 Å². The van der Waals surface area contributed by atoms with E-state index >= 15 is 0 Å². The summed E-state index contributed by atoms with van der Waals surface area (Å²) in [4.78, 5) is 29.1. The van der Waals surface area contributed by atoms with Gasteiger partial charge in [-0.15, -0.1) is 0 Å². The molecule has 3 fully saturated rings. The molecule has 2 amide bonds. The number of carbonyl (C=O) groups is 2. The minimum absolute atomic E-state index is 0.00441. The number of rotatable bonds is 3. The molecule has 3 atom stereocenters. The molecule has 0 radical (unpaired) electrons. The molecule has 144 valence electrons. The van der Waals surface area contributed by atoms with Gasteiger partial charge in [0, 0.05) is 13.0 Å². The Morgan fingerprint density at radius 1 is 1.14 bits per heavy atom. The molecule has 3 heterocycles. The summed E-state index contributed by atoms with van der Waals surface area (Å²) in [6.45, 7) is 1.03. The molecule has 2 aromatic rings. The summed E-state index contributed by atoms with van der Waals surface area (Å²) < 4.78 is 20.4. The number of likely N-dealkylation sites (tertiary alicyclic amines) is 1. The highest BCUT2D eigenvalue weighted by Crippen LogP contribution is 2.50. The van der Waals surface area contributed by atoms with Crippen LogP contribution in [0.25, 0.3) is 0 Å². The predicted octanol–water partition coefficient (Wildman–Crippen LogP) is 2.67. The average Bonchev–Trinajstić information content (AvgIpc) is 3.33. The SMILES string of the molecule is O=C(Cc1ccccc1F)N1CC[C@@]23O[C@@H](c4ccccc4)CN2C(=O)C[C@@H]13. The molecule has 0 aliphatic carbocycles. The van der Waals surface area contributed by atoms with Crippen molar-refractivity contribution >= 4 is 11.8 Å². The van der Waals surface area contributed by atoms with Gasteiger partial charge < -0.3 is 14.5 Å². The second kappa shape index (κ2) is 6.41. The molecule has 0 aromatic heterocycles.